The number of anilines is 1. The first-order valence-corrected chi connectivity index (χ1v) is 8.16. The summed E-state index contributed by atoms with van der Waals surface area (Å²) in [5, 5.41) is 7.77. The van der Waals surface area contributed by atoms with Gasteiger partial charge >= 0.3 is 0 Å². The maximum absolute atomic E-state index is 12.1. The molecule has 5 nitrogen and oxygen atoms in total. The highest BCUT2D eigenvalue weighted by Gasteiger charge is 2.10. The van der Waals surface area contributed by atoms with Crippen LogP contribution in [0, 0.1) is 6.92 Å². The molecule has 0 atom stereocenters. The molecule has 1 aromatic heterocycles. The van der Waals surface area contributed by atoms with Gasteiger partial charge < -0.3 is 5.32 Å². The Hall–Kier alpha value is -2.60. The van der Waals surface area contributed by atoms with E-state index in [2.05, 4.69) is 15.4 Å². The molecule has 6 heteroatoms. The van der Waals surface area contributed by atoms with Gasteiger partial charge in [0.25, 0.3) is 0 Å². The van der Waals surface area contributed by atoms with E-state index in [1.807, 2.05) is 61.5 Å². The van der Waals surface area contributed by atoms with E-state index in [0.29, 0.717) is 5.16 Å². The Kier molecular flexibility index (Phi) is 4.73. The molecule has 0 aliphatic heterocycles. The topological polar surface area (TPSA) is 59.8 Å². The Morgan fingerprint density at radius 3 is 2.61 bits per heavy atom. The van der Waals surface area contributed by atoms with E-state index < -0.39 is 0 Å². The standard InChI is InChI=1S/C17H16N4OS/c1-13-7-9-14(10-8-13)20-16(22)11-23-17-18-12-19-21(17)15-5-3-2-4-6-15/h2-10,12H,11H2,1H3,(H,20,22). The summed E-state index contributed by atoms with van der Waals surface area (Å²) in [4.78, 5) is 16.3. The zero-order chi connectivity index (χ0) is 16.1. The summed E-state index contributed by atoms with van der Waals surface area (Å²) >= 11 is 1.36. The van der Waals surface area contributed by atoms with Crippen LogP contribution in [0.5, 0.6) is 0 Å². The number of carbonyl (C=O) groups excluding carboxylic acids is 1. The highest BCUT2D eigenvalue weighted by Crippen LogP contribution is 2.19. The summed E-state index contributed by atoms with van der Waals surface area (Å²) in [6.45, 7) is 2.01. The fourth-order valence-corrected chi connectivity index (χ4v) is 2.77. The maximum atomic E-state index is 12.1. The van der Waals surface area contributed by atoms with E-state index in [4.69, 9.17) is 0 Å². The minimum atomic E-state index is -0.0681. The lowest BCUT2D eigenvalue weighted by Crippen LogP contribution is -2.14. The monoisotopic (exact) mass is 324 g/mol. The van der Waals surface area contributed by atoms with E-state index >= 15 is 0 Å². The fraction of sp³-hybridized carbons (Fsp3) is 0.118. The first kappa shape index (κ1) is 15.3. The van der Waals surface area contributed by atoms with Crippen LogP contribution in [-0.4, -0.2) is 26.4 Å². The van der Waals surface area contributed by atoms with Crippen molar-refractivity contribution in [3.8, 4) is 5.69 Å². The fourth-order valence-electron chi connectivity index (χ4n) is 2.04. The van der Waals surface area contributed by atoms with Crippen LogP contribution in [-0.2, 0) is 4.79 Å². The molecule has 116 valence electrons. The largest absolute Gasteiger partial charge is 0.325 e. The van der Waals surface area contributed by atoms with Gasteiger partial charge in [0.2, 0.25) is 5.91 Å². The Morgan fingerprint density at radius 1 is 1.13 bits per heavy atom. The molecule has 0 spiro atoms. The molecular formula is C17H16N4OS. The summed E-state index contributed by atoms with van der Waals surface area (Å²) in [6.07, 6.45) is 1.49. The summed E-state index contributed by atoms with van der Waals surface area (Å²) in [5.41, 5.74) is 2.88. The first-order valence-electron chi connectivity index (χ1n) is 7.17. The predicted octanol–water partition coefficient (Wildman–Crippen LogP) is 3.31. The van der Waals surface area contributed by atoms with E-state index in [0.717, 1.165) is 16.9 Å². The van der Waals surface area contributed by atoms with Crippen LogP contribution in [0.3, 0.4) is 0 Å². The van der Waals surface area contributed by atoms with Gasteiger partial charge in [0.15, 0.2) is 5.16 Å². The van der Waals surface area contributed by atoms with Crippen molar-refractivity contribution in [3.05, 3.63) is 66.5 Å². The third-order valence-electron chi connectivity index (χ3n) is 3.18. The second-order valence-electron chi connectivity index (χ2n) is 4.99. The highest BCUT2D eigenvalue weighted by atomic mass is 32.2. The molecule has 1 amide bonds. The molecule has 0 fully saturated rings. The van der Waals surface area contributed by atoms with Crippen molar-refractivity contribution in [2.45, 2.75) is 12.1 Å². The lowest BCUT2D eigenvalue weighted by molar-refractivity contribution is -0.113. The van der Waals surface area contributed by atoms with E-state index in [9.17, 15) is 4.79 Å². The summed E-state index contributed by atoms with van der Waals surface area (Å²) in [7, 11) is 0. The van der Waals surface area contributed by atoms with Crippen molar-refractivity contribution in [3.63, 3.8) is 0 Å². The van der Waals surface area contributed by atoms with Crippen molar-refractivity contribution in [1.82, 2.24) is 14.8 Å². The molecule has 0 bridgehead atoms. The molecule has 1 heterocycles. The summed E-state index contributed by atoms with van der Waals surface area (Å²) in [5.74, 6) is 0.209. The number of amides is 1. The van der Waals surface area contributed by atoms with E-state index in [1.54, 1.807) is 4.68 Å². The van der Waals surface area contributed by atoms with Crippen LogP contribution in [0.2, 0.25) is 0 Å². The summed E-state index contributed by atoms with van der Waals surface area (Å²) < 4.78 is 1.73. The second kappa shape index (κ2) is 7.11. The Labute approximate surface area is 138 Å². The lowest BCUT2D eigenvalue weighted by atomic mass is 10.2. The van der Waals surface area contributed by atoms with E-state index in [1.165, 1.54) is 18.1 Å². The third kappa shape index (κ3) is 3.98. The average Bonchev–Trinajstić information content (AvgIpc) is 3.04. The van der Waals surface area contributed by atoms with Crippen LogP contribution >= 0.6 is 11.8 Å². The number of carbonyl (C=O) groups is 1. The van der Waals surface area contributed by atoms with Crippen LogP contribution in [0.1, 0.15) is 5.56 Å². The van der Waals surface area contributed by atoms with Crippen LogP contribution in [0.25, 0.3) is 5.69 Å². The number of thioether (sulfide) groups is 1. The molecule has 3 rings (SSSR count). The van der Waals surface area contributed by atoms with Gasteiger partial charge in [0.1, 0.15) is 6.33 Å². The number of rotatable bonds is 5. The molecular weight excluding hydrogens is 308 g/mol. The van der Waals surface area contributed by atoms with Gasteiger partial charge in [-0.3, -0.25) is 4.79 Å². The quantitative estimate of drug-likeness (QED) is 0.732. The van der Waals surface area contributed by atoms with Crippen molar-refractivity contribution in [2.75, 3.05) is 11.1 Å². The zero-order valence-electron chi connectivity index (χ0n) is 12.6. The first-order chi connectivity index (χ1) is 11.2. The van der Waals surface area contributed by atoms with Crippen molar-refractivity contribution in [1.29, 1.82) is 0 Å². The molecule has 1 N–H and O–H groups in total. The number of nitrogens with one attached hydrogen (secondary N) is 1. The van der Waals surface area contributed by atoms with Gasteiger partial charge in [-0.1, -0.05) is 47.7 Å². The molecule has 0 aliphatic carbocycles. The highest BCUT2D eigenvalue weighted by molar-refractivity contribution is 7.99. The molecule has 0 saturated heterocycles. The number of hydrogen-bond donors (Lipinski definition) is 1. The number of benzene rings is 2. The normalized spacial score (nSPS) is 10.5. The molecule has 3 aromatic rings. The number of hydrogen-bond acceptors (Lipinski definition) is 4. The van der Waals surface area contributed by atoms with Crippen LogP contribution in [0.4, 0.5) is 5.69 Å². The number of aryl methyl sites for hydroxylation is 1. The Bertz CT molecular complexity index is 784. The molecule has 0 unspecified atom stereocenters. The number of aromatic nitrogens is 3. The van der Waals surface area contributed by atoms with Crippen molar-refractivity contribution in [2.24, 2.45) is 0 Å². The second-order valence-corrected chi connectivity index (χ2v) is 5.94. The van der Waals surface area contributed by atoms with Gasteiger partial charge in [-0.25, -0.2) is 9.67 Å². The Morgan fingerprint density at radius 2 is 1.87 bits per heavy atom. The molecule has 0 radical (unpaired) electrons. The van der Waals surface area contributed by atoms with Crippen LogP contribution in [0.15, 0.2) is 66.1 Å². The third-order valence-corrected chi connectivity index (χ3v) is 4.13. The zero-order valence-corrected chi connectivity index (χ0v) is 13.5. The average molecular weight is 324 g/mol. The van der Waals surface area contributed by atoms with Crippen molar-refractivity contribution < 1.29 is 4.79 Å². The minimum absolute atomic E-state index is 0.0681. The summed E-state index contributed by atoms with van der Waals surface area (Å²) in [6, 6.07) is 17.4. The minimum Gasteiger partial charge on any atom is -0.325 e. The lowest BCUT2D eigenvalue weighted by Gasteiger charge is -2.07. The Balaban J connectivity index is 1.62. The van der Waals surface area contributed by atoms with Gasteiger partial charge in [-0.05, 0) is 31.2 Å². The SMILES string of the molecule is Cc1ccc(NC(=O)CSc2ncnn2-c2ccccc2)cc1. The number of para-hydroxylation sites is 1. The predicted molar refractivity (Wildman–Crippen MR) is 91.9 cm³/mol. The van der Waals surface area contributed by atoms with E-state index in [-0.39, 0.29) is 11.7 Å². The van der Waals surface area contributed by atoms with Gasteiger partial charge in [0.05, 0.1) is 11.4 Å². The molecule has 0 aliphatic rings. The maximum Gasteiger partial charge on any atom is 0.234 e. The smallest absolute Gasteiger partial charge is 0.234 e. The van der Waals surface area contributed by atoms with Gasteiger partial charge in [-0.2, -0.15) is 5.10 Å². The van der Waals surface area contributed by atoms with Crippen LogP contribution < -0.4 is 5.32 Å². The molecule has 2 aromatic carbocycles. The van der Waals surface area contributed by atoms with Crippen molar-refractivity contribution >= 4 is 23.4 Å². The molecule has 0 saturated carbocycles. The molecule has 23 heavy (non-hydrogen) atoms. The van der Waals surface area contributed by atoms with Gasteiger partial charge in [0, 0.05) is 5.69 Å². The van der Waals surface area contributed by atoms with Gasteiger partial charge in [-0.15, -0.1) is 0 Å². The number of nitrogens with zero attached hydrogens (tertiary/aromatic N) is 3.